The van der Waals surface area contributed by atoms with Gasteiger partial charge in [0.25, 0.3) is 5.91 Å². The summed E-state index contributed by atoms with van der Waals surface area (Å²) in [6.07, 6.45) is 3.53. The van der Waals surface area contributed by atoms with Gasteiger partial charge in [-0.05, 0) is 0 Å². The highest BCUT2D eigenvalue weighted by molar-refractivity contribution is 5.79. The predicted octanol–water partition coefficient (Wildman–Crippen LogP) is 0.0641. The van der Waals surface area contributed by atoms with Crippen molar-refractivity contribution in [2.75, 3.05) is 5.43 Å². The van der Waals surface area contributed by atoms with E-state index in [-0.39, 0.29) is 5.91 Å². The molecular weight excluding hydrogens is 128 g/mol. The van der Waals surface area contributed by atoms with Crippen molar-refractivity contribution in [1.29, 1.82) is 0 Å². The molecule has 3 heteroatoms. The van der Waals surface area contributed by atoms with E-state index in [1.54, 1.807) is 17.1 Å². The highest BCUT2D eigenvalue weighted by atomic mass is 16.2. The SMILES string of the molecule is CC(=O)N[n+]1ccccc1. The quantitative estimate of drug-likeness (QED) is 0.546. The molecule has 0 fully saturated rings. The molecule has 1 heterocycles. The van der Waals surface area contributed by atoms with Gasteiger partial charge >= 0.3 is 0 Å². The number of aromatic nitrogens is 1. The van der Waals surface area contributed by atoms with Gasteiger partial charge < -0.3 is 0 Å². The van der Waals surface area contributed by atoms with Gasteiger partial charge in [0.1, 0.15) is 0 Å². The molecule has 0 spiro atoms. The van der Waals surface area contributed by atoms with Crippen molar-refractivity contribution < 1.29 is 9.47 Å². The van der Waals surface area contributed by atoms with Crippen LogP contribution < -0.4 is 10.1 Å². The van der Waals surface area contributed by atoms with E-state index in [1.807, 2.05) is 18.2 Å². The summed E-state index contributed by atoms with van der Waals surface area (Å²) in [6, 6.07) is 5.57. The van der Waals surface area contributed by atoms with E-state index in [9.17, 15) is 4.79 Å². The fourth-order valence-corrected chi connectivity index (χ4v) is 0.655. The average molecular weight is 137 g/mol. The van der Waals surface area contributed by atoms with Gasteiger partial charge in [-0.15, -0.1) is 5.43 Å². The van der Waals surface area contributed by atoms with E-state index < -0.39 is 0 Å². The minimum atomic E-state index is -0.0730. The Morgan fingerprint density at radius 2 is 1.90 bits per heavy atom. The molecular formula is C7H9N2O+. The van der Waals surface area contributed by atoms with Crippen LogP contribution in [0.15, 0.2) is 30.6 Å². The topological polar surface area (TPSA) is 33.0 Å². The molecule has 1 rings (SSSR count). The first-order valence-corrected chi connectivity index (χ1v) is 3.03. The second-order valence-electron chi connectivity index (χ2n) is 1.95. The van der Waals surface area contributed by atoms with Crippen LogP contribution >= 0.6 is 0 Å². The highest BCUT2D eigenvalue weighted by Gasteiger charge is 1.96. The highest BCUT2D eigenvalue weighted by Crippen LogP contribution is 1.73. The van der Waals surface area contributed by atoms with Crippen LogP contribution in [0.4, 0.5) is 0 Å². The van der Waals surface area contributed by atoms with Crippen molar-refractivity contribution in [2.24, 2.45) is 0 Å². The molecule has 1 amide bonds. The molecule has 1 N–H and O–H groups in total. The van der Waals surface area contributed by atoms with Crippen LogP contribution in [-0.2, 0) is 4.79 Å². The number of amides is 1. The van der Waals surface area contributed by atoms with E-state index in [4.69, 9.17) is 0 Å². The standard InChI is InChI=1S/C7H8N2O/c1-7(10)8-9-5-3-2-4-6-9/h2-6H,1H3/p+1. The summed E-state index contributed by atoms with van der Waals surface area (Å²) in [6.45, 7) is 1.47. The second-order valence-corrected chi connectivity index (χ2v) is 1.95. The summed E-state index contributed by atoms with van der Waals surface area (Å²) >= 11 is 0. The maximum absolute atomic E-state index is 10.5. The summed E-state index contributed by atoms with van der Waals surface area (Å²) in [5.74, 6) is -0.0730. The zero-order valence-electron chi connectivity index (χ0n) is 5.74. The number of nitrogens with zero attached hydrogens (tertiary/aromatic N) is 1. The number of carbonyl (C=O) groups is 1. The van der Waals surface area contributed by atoms with Crippen molar-refractivity contribution in [2.45, 2.75) is 6.92 Å². The lowest BCUT2D eigenvalue weighted by atomic mass is 10.5. The third kappa shape index (κ3) is 1.85. The molecule has 0 saturated carbocycles. The Morgan fingerprint density at radius 3 is 2.40 bits per heavy atom. The van der Waals surface area contributed by atoms with Crippen molar-refractivity contribution in [3.63, 3.8) is 0 Å². The summed E-state index contributed by atoms with van der Waals surface area (Å²) < 4.78 is 1.60. The summed E-state index contributed by atoms with van der Waals surface area (Å²) in [5.41, 5.74) is 2.58. The van der Waals surface area contributed by atoms with Crippen LogP contribution in [0.1, 0.15) is 6.92 Å². The molecule has 0 aromatic carbocycles. The zero-order chi connectivity index (χ0) is 7.40. The van der Waals surface area contributed by atoms with Crippen LogP contribution in [0.5, 0.6) is 0 Å². The molecule has 52 valence electrons. The maximum atomic E-state index is 10.5. The molecule has 0 bridgehead atoms. The molecule has 10 heavy (non-hydrogen) atoms. The summed E-state index contributed by atoms with van der Waals surface area (Å²) in [7, 11) is 0. The number of hydrogen-bond acceptors (Lipinski definition) is 1. The third-order valence-corrected chi connectivity index (χ3v) is 1.00. The maximum Gasteiger partial charge on any atom is 0.271 e. The number of pyridine rings is 1. The Labute approximate surface area is 59.3 Å². The average Bonchev–Trinajstić information content (AvgIpc) is 1.88. The second kappa shape index (κ2) is 2.96. The number of nitrogens with one attached hydrogen (secondary N) is 1. The number of hydrogen-bond donors (Lipinski definition) is 1. The lowest BCUT2D eigenvalue weighted by Gasteiger charge is -1.90. The predicted molar refractivity (Wildman–Crippen MR) is 36.7 cm³/mol. The molecule has 0 unspecified atom stereocenters. The molecule has 0 atom stereocenters. The van der Waals surface area contributed by atoms with Crippen molar-refractivity contribution >= 4 is 5.91 Å². The fraction of sp³-hybridized carbons (Fsp3) is 0.143. The molecule has 0 aliphatic rings. The molecule has 0 radical (unpaired) electrons. The van der Waals surface area contributed by atoms with E-state index in [1.165, 1.54) is 6.92 Å². The fourth-order valence-electron chi connectivity index (χ4n) is 0.655. The molecule has 0 aliphatic heterocycles. The van der Waals surface area contributed by atoms with Gasteiger partial charge in [-0.25, -0.2) is 0 Å². The first-order valence-electron chi connectivity index (χ1n) is 3.03. The molecule has 0 aliphatic carbocycles. The van der Waals surface area contributed by atoms with E-state index in [0.717, 1.165) is 0 Å². The smallest absolute Gasteiger partial charge is 0.270 e. The van der Waals surface area contributed by atoms with Gasteiger partial charge in [0.2, 0.25) is 0 Å². The number of rotatable bonds is 1. The Kier molecular flexibility index (Phi) is 1.99. The third-order valence-electron chi connectivity index (χ3n) is 1.00. The lowest BCUT2D eigenvalue weighted by molar-refractivity contribution is -0.642. The van der Waals surface area contributed by atoms with E-state index in [2.05, 4.69) is 5.43 Å². The van der Waals surface area contributed by atoms with Gasteiger partial charge in [0, 0.05) is 19.1 Å². The first-order chi connectivity index (χ1) is 4.79. The molecule has 3 nitrogen and oxygen atoms in total. The normalized spacial score (nSPS) is 8.90. The summed E-state index contributed by atoms with van der Waals surface area (Å²) in [4.78, 5) is 10.5. The van der Waals surface area contributed by atoms with Gasteiger partial charge in [0.15, 0.2) is 12.4 Å². The van der Waals surface area contributed by atoms with Gasteiger partial charge in [-0.2, -0.15) is 0 Å². The van der Waals surface area contributed by atoms with Gasteiger partial charge in [-0.3, -0.25) is 4.79 Å². The Morgan fingerprint density at radius 1 is 1.30 bits per heavy atom. The van der Waals surface area contributed by atoms with E-state index >= 15 is 0 Å². The van der Waals surface area contributed by atoms with Crippen LogP contribution in [-0.4, -0.2) is 5.91 Å². The van der Waals surface area contributed by atoms with Crippen LogP contribution in [0.2, 0.25) is 0 Å². The van der Waals surface area contributed by atoms with Crippen LogP contribution in [0.3, 0.4) is 0 Å². The zero-order valence-corrected chi connectivity index (χ0v) is 5.74. The number of carbonyl (C=O) groups excluding carboxylic acids is 1. The van der Waals surface area contributed by atoms with Crippen molar-refractivity contribution in [3.05, 3.63) is 30.6 Å². The van der Waals surface area contributed by atoms with Crippen LogP contribution in [0.25, 0.3) is 0 Å². The van der Waals surface area contributed by atoms with Gasteiger partial charge in [-0.1, -0.05) is 10.7 Å². The van der Waals surface area contributed by atoms with Crippen molar-refractivity contribution in [1.82, 2.24) is 0 Å². The van der Waals surface area contributed by atoms with Crippen molar-refractivity contribution in [3.8, 4) is 0 Å². The van der Waals surface area contributed by atoms with Crippen LogP contribution in [0, 0.1) is 0 Å². The Bertz CT molecular complexity index is 220. The largest absolute Gasteiger partial charge is 0.271 e. The monoisotopic (exact) mass is 137 g/mol. The van der Waals surface area contributed by atoms with E-state index in [0.29, 0.717) is 0 Å². The minimum Gasteiger partial charge on any atom is -0.270 e. The Balaban J connectivity index is 2.67. The molecule has 1 aromatic heterocycles. The minimum absolute atomic E-state index is 0.0730. The van der Waals surface area contributed by atoms with Gasteiger partial charge in [0.05, 0.1) is 0 Å². The molecule has 1 aromatic rings. The molecule has 0 saturated heterocycles. The summed E-state index contributed by atoms with van der Waals surface area (Å²) in [5, 5.41) is 0. The lowest BCUT2D eigenvalue weighted by Crippen LogP contribution is -2.46. The first kappa shape index (κ1) is 6.74. The Hall–Kier alpha value is -1.38.